The third kappa shape index (κ3) is 3.31. The van der Waals surface area contributed by atoms with Crippen molar-refractivity contribution in [2.75, 3.05) is 7.11 Å². The van der Waals surface area contributed by atoms with E-state index in [1.165, 1.54) is 0 Å². The van der Waals surface area contributed by atoms with Crippen LogP contribution in [-0.2, 0) is 0 Å². The molecule has 0 amide bonds. The number of hydrazone groups is 1. The second kappa shape index (κ2) is 7.65. The number of benzene rings is 4. The van der Waals surface area contributed by atoms with E-state index < -0.39 is 0 Å². The Morgan fingerprint density at radius 1 is 0.800 bits per heavy atom. The smallest absolute Gasteiger partial charge is 0.154 e. The van der Waals surface area contributed by atoms with E-state index in [0.717, 1.165) is 44.6 Å². The summed E-state index contributed by atoms with van der Waals surface area (Å²) in [5.41, 5.74) is 7.74. The van der Waals surface area contributed by atoms with E-state index in [1.807, 2.05) is 60.7 Å². The van der Waals surface area contributed by atoms with Gasteiger partial charge < -0.3 is 4.74 Å². The Balaban J connectivity index is 1.73. The topological polar surface area (TPSA) is 46.0 Å². The summed E-state index contributed by atoms with van der Waals surface area (Å²) in [5.74, 6) is 1.48. The van der Waals surface area contributed by atoms with Gasteiger partial charge in [0.2, 0.25) is 0 Å². The molecular formula is C25H18ClN3O. The highest BCUT2D eigenvalue weighted by Crippen LogP contribution is 2.34. The molecule has 4 aromatic rings. The third-order valence-corrected chi connectivity index (χ3v) is 5.39. The highest BCUT2D eigenvalue weighted by molar-refractivity contribution is 6.31. The van der Waals surface area contributed by atoms with E-state index in [9.17, 15) is 0 Å². The van der Waals surface area contributed by atoms with E-state index >= 15 is 0 Å². The van der Waals surface area contributed by atoms with Crippen molar-refractivity contribution in [3.8, 4) is 5.75 Å². The van der Waals surface area contributed by atoms with E-state index in [2.05, 4.69) is 29.7 Å². The van der Waals surface area contributed by atoms with Crippen molar-refractivity contribution >= 4 is 39.6 Å². The van der Waals surface area contributed by atoms with Gasteiger partial charge in [0.15, 0.2) is 5.84 Å². The normalized spacial score (nSPS) is 13.0. The Hall–Kier alpha value is -3.63. The van der Waals surface area contributed by atoms with E-state index in [0.29, 0.717) is 10.9 Å². The fraction of sp³-hybridized carbons (Fsp3) is 0.0400. The summed E-state index contributed by atoms with van der Waals surface area (Å²) < 4.78 is 5.28. The van der Waals surface area contributed by atoms with Gasteiger partial charge in [-0.3, -0.25) is 5.43 Å². The fourth-order valence-corrected chi connectivity index (χ4v) is 3.70. The second-order valence-electron chi connectivity index (χ2n) is 6.95. The highest BCUT2D eigenvalue weighted by atomic mass is 35.5. The Kier molecular flexibility index (Phi) is 4.69. The van der Waals surface area contributed by atoms with Crippen molar-refractivity contribution < 1.29 is 4.74 Å². The summed E-state index contributed by atoms with van der Waals surface area (Å²) in [4.78, 5) is 5.01. The number of rotatable bonds is 3. The van der Waals surface area contributed by atoms with Crippen molar-refractivity contribution in [3.05, 3.63) is 107 Å². The third-order valence-electron chi connectivity index (χ3n) is 5.13. The standard InChI is InChI=1S/C25H18ClN3O/c1-30-20-13-8-18(9-14-20)25-27-24-21-5-3-2-4-16(21)10-15-22(24)23(28-29-25)17-6-11-19(26)12-7-17/h2-15H,1H3,(H,27,29). The monoisotopic (exact) mass is 411 g/mol. The lowest BCUT2D eigenvalue weighted by atomic mass is 9.97. The van der Waals surface area contributed by atoms with Crippen LogP contribution in [0.25, 0.3) is 10.8 Å². The van der Waals surface area contributed by atoms with Gasteiger partial charge in [-0.05, 0) is 47.9 Å². The minimum absolute atomic E-state index is 0.680. The van der Waals surface area contributed by atoms with Gasteiger partial charge in [-0.15, -0.1) is 0 Å². The first-order chi connectivity index (χ1) is 14.7. The molecule has 4 nitrogen and oxygen atoms in total. The molecule has 0 saturated heterocycles. The SMILES string of the molecule is COc1ccc(C2=Nc3c(ccc4ccccc34)C(c3ccc(Cl)cc3)=NN2)cc1. The molecule has 0 aliphatic carbocycles. The van der Waals surface area contributed by atoms with Crippen molar-refractivity contribution in [3.63, 3.8) is 0 Å². The molecule has 1 aliphatic heterocycles. The summed E-state index contributed by atoms with van der Waals surface area (Å²) in [6.45, 7) is 0. The predicted octanol–water partition coefficient (Wildman–Crippen LogP) is 5.94. The molecule has 5 rings (SSSR count). The van der Waals surface area contributed by atoms with Crippen LogP contribution in [0.5, 0.6) is 5.75 Å². The average molecular weight is 412 g/mol. The lowest BCUT2D eigenvalue weighted by Gasteiger charge is -2.10. The van der Waals surface area contributed by atoms with Gasteiger partial charge in [0.1, 0.15) is 5.75 Å². The maximum Gasteiger partial charge on any atom is 0.154 e. The van der Waals surface area contributed by atoms with Gasteiger partial charge in [0.05, 0.1) is 18.5 Å². The van der Waals surface area contributed by atoms with Crippen molar-refractivity contribution in [1.29, 1.82) is 0 Å². The molecule has 4 aromatic carbocycles. The van der Waals surface area contributed by atoms with Crippen LogP contribution in [0, 0.1) is 0 Å². The lowest BCUT2D eigenvalue weighted by Crippen LogP contribution is -2.19. The minimum atomic E-state index is 0.680. The summed E-state index contributed by atoms with van der Waals surface area (Å²) in [6.07, 6.45) is 0. The molecule has 1 aliphatic rings. The Morgan fingerprint density at radius 2 is 1.53 bits per heavy atom. The van der Waals surface area contributed by atoms with E-state index in [1.54, 1.807) is 7.11 Å². The summed E-state index contributed by atoms with van der Waals surface area (Å²) in [7, 11) is 1.65. The van der Waals surface area contributed by atoms with Gasteiger partial charge in [-0.1, -0.05) is 54.1 Å². The minimum Gasteiger partial charge on any atom is -0.497 e. The molecule has 0 bridgehead atoms. The maximum absolute atomic E-state index is 6.10. The molecule has 0 fully saturated rings. The summed E-state index contributed by atoms with van der Waals surface area (Å²) in [5, 5.41) is 7.63. The number of nitrogens with one attached hydrogen (secondary N) is 1. The largest absolute Gasteiger partial charge is 0.497 e. The van der Waals surface area contributed by atoms with Crippen molar-refractivity contribution in [2.45, 2.75) is 0 Å². The average Bonchev–Trinajstić information content (AvgIpc) is 3.00. The Bertz CT molecular complexity index is 1290. The molecule has 0 aromatic heterocycles. The molecule has 0 radical (unpaired) electrons. The summed E-state index contributed by atoms with van der Waals surface area (Å²) >= 11 is 6.10. The van der Waals surface area contributed by atoms with Crippen molar-refractivity contribution in [1.82, 2.24) is 5.43 Å². The number of methoxy groups -OCH3 is 1. The van der Waals surface area contributed by atoms with E-state index in [-0.39, 0.29) is 0 Å². The van der Waals surface area contributed by atoms with Crippen LogP contribution in [0.4, 0.5) is 5.69 Å². The van der Waals surface area contributed by atoms with Crippen LogP contribution in [0.1, 0.15) is 16.7 Å². The first kappa shape index (κ1) is 18.4. The second-order valence-corrected chi connectivity index (χ2v) is 7.39. The van der Waals surface area contributed by atoms with Crippen LogP contribution in [0.2, 0.25) is 5.02 Å². The Labute approximate surface area is 179 Å². The molecule has 5 heteroatoms. The number of aliphatic imine (C=N–C) groups is 1. The van der Waals surface area contributed by atoms with Gasteiger partial charge in [0, 0.05) is 27.1 Å². The first-order valence-electron chi connectivity index (χ1n) is 9.58. The van der Waals surface area contributed by atoms with Gasteiger partial charge in [-0.2, -0.15) is 5.10 Å². The molecular weight excluding hydrogens is 394 g/mol. The number of hydrogen-bond acceptors (Lipinski definition) is 4. The number of ether oxygens (including phenoxy) is 1. The Morgan fingerprint density at radius 3 is 2.30 bits per heavy atom. The zero-order chi connectivity index (χ0) is 20.5. The molecule has 0 unspecified atom stereocenters. The molecule has 146 valence electrons. The van der Waals surface area contributed by atoms with E-state index in [4.69, 9.17) is 26.4 Å². The molecule has 0 saturated carbocycles. The van der Waals surface area contributed by atoms with Gasteiger partial charge in [-0.25, -0.2) is 4.99 Å². The highest BCUT2D eigenvalue weighted by Gasteiger charge is 2.19. The van der Waals surface area contributed by atoms with Crippen LogP contribution in [-0.4, -0.2) is 18.7 Å². The number of halogens is 1. The number of fused-ring (bicyclic) bond motifs is 3. The fourth-order valence-electron chi connectivity index (χ4n) is 3.58. The summed E-state index contributed by atoms with van der Waals surface area (Å²) in [6, 6.07) is 27.9. The zero-order valence-electron chi connectivity index (χ0n) is 16.3. The number of nitrogens with zero attached hydrogens (tertiary/aromatic N) is 2. The van der Waals surface area contributed by atoms with Gasteiger partial charge in [0.25, 0.3) is 0 Å². The molecule has 1 N–H and O–H groups in total. The number of amidine groups is 1. The lowest BCUT2D eigenvalue weighted by molar-refractivity contribution is 0.415. The van der Waals surface area contributed by atoms with Crippen LogP contribution < -0.4 is 10.2 Å². The predicted molar refractivity (Wildman–Crippen MR) is 123 cm³/mol. The van der Waals surface area contributed by atoms with Crippen LogP contribution in [0.3, 0.4) is 0 Å². The first-order valence-corrected chi connectivity index (χ1v) is 9.95. The number of hydrogen-bond donors (Lipinski definition) is 1. The molecule has 0 spiro atoms. The van der Waals surface area contributed by atoms with Crippen molar-refractivity contribution in [2.24, 2.45) is 10.1 Å². The maximum atomic E-state index is 6.10. The quantitative estimate of drug-likeness (QED) is 0.453. The molecule has 0 atom stereocenters. The van der Waals surface area contributed by atoms with Crippen LogP contribution >= 0.6 is 11.6 Å². The molecule has 30 heavy (non-hydrogen) atoms. The van der Waals surface area contributed by atoms with Gasteiger partial charge >= 0.3 is 0 Å². The zero-order valence-corrected chi connectivity index (χ0v) is 17.0. The van der Waals surface area contributed by atoms with Crippen LogP contribution in [0.15, 0.2) is 95.0 Å². The molecule has 1 heterocycles.